The van der Waals surface area contributed by atoms with Crippen molar-refractivity contribution in [2.75, 3.05) is 26.3 Å². The predicted octanol–water partition coefficient (Wildman–Crippen LogP) is 3.49. The molecule has 2 atom stereocenters. The highest BCUT2D eigenvalue weighted by atomic mass is 35.5. The summed E-state index contributed by atoms with van der Waals surface area (Å²) in [5.74, 6) is 2.08. The fourth-order valence-corrected chi connectivity index (χ4v) is 3.45. The fourth-order valence-electron chi connectivity index (χ4n) is 3.33. The van der Waals surface area contributed by atoms with Crippen LogP contribution in [0.2, 0.25) is 5.02 Å². The Kier molecular flexibility index (Phi) is 8.23. The highest BCUT2D eigenvalue weighted by Crippen LogP contribution is 2.20. The lowest BCUT2D eigenvalue weighted by Crippen LogP contribution is -2.39. The summed E-state index contributed by atoms with van der Waals surface area (Å²) in [7, 11) is 0. The van der Waals surface area contributed by atoms with Crippen molar-refractivity contribution in [1.82, 2.24) is 4.90 Å². The van der Waals surface area contributed by atoms with Crippen molar-refractivity contribution in [3.05, 3.63) is 70.5 Å². The zero-order valence-electron chi connectivity index (χ0n) is 16.5. The van der Waals surface area contributed by atoms with Gasteiger partial charge in [-0.15, -0.1) is 6.42 Å². The SMILES string of the molecule is C#CCOC[C@@H](O)CN(Cc1cccc(F)c1)C[C@@H]1CC(c2ccc(Cl)cc2)=NO1. The average Bonchev–Trinajstić information content (AvgIpc) is 3.17. The van der Waals surface area contributed by atoms with E-state index in [2.05, 4.69) is 11.1 Å². The average molecular weight is 431 g/mol. The van der Waals surface area contributed by atoms with Crippen LogP contribution in [0.25, 0.3) is 0 Å². The van der Waals surface area contributed by atoms with Crippen molar-refractivity contribution in [1.29, 1.82) is 0 Å². The van der Waals surface area contributed by atoms with Crippen LogP contribution < -0.4 is 0 Å². The Morgan fingerprint density at radius 2 is 2.13 bits per heavy atom. The molecule has 0 aromatic heterocycles. The van der Waals surface area contributed by atoms with Gasteiger partial charge in [0.25, 0.3) is 0 Å². The number of hydrogen-bond donors (Lipinski definition) is 1. The quantitative estimate of drug-likeness (QED) is 0.463. The van der Waals surface area contributed by atoms with E-state index in [0.29, 0.717) is 31.1 Å². The summed E-state index contributed by atoms with van der Waals surface area (Å²) in [5.41, 5.74) is 2.62. The van der Waals surface area contributed by atoms with Crippen LogP contribution in [0.5, 0.6) is 0 Å². The van der Waals surface area contributed by atoms with E-state index >= 15 is 0 Å². The summed E-state index contributed by atoms with van der Waals surface area (Å²) in [6.45, 7) is 1.58. The largest absolute Gasteiger partial charge is 0.390 e. The van der Waals surface area contributed by atoms with E-state index in [1.54, 1.807) is 6.07 Å². The highest BCUT2D eigenvalue weighted by molar-refractivity contribution is 6.30. The minimum atomic E-state index is -0.732. The van der Waals surface area contributed by atoms with Crippen LogP contribution in [-0.4, -0.2) is 54.2 Å². The Morgan fingerprint density at radius 3 is 2.87 bits per heavy atom. The number of aliphatic hydroxyl groups excluding tert-OH is 1. The van der Waals surface area contributed by atoms with Gasteiger partial charge in [-0.3, -0.25) is 4.90 Å². The summed E-state index contributed by atoms with van der Waals surface area (Å²) >= 11 is 5.95. The van der Waals surface area contributed by atoms with Crippen molar-refractivity contribution >= 4 is 17.3 Å². The highest BCUT2D eigenvalue weighted by Gasteiger charge is 2.26. The second kappa shape index (κ2) is 11.1. The van der Waals surface area contributed by atoms with Gasteiger partial charge >= 0.3 is 0 Å². The summed E-state index contributed by atoms with van der Waals surface area (Å²) in [4.78, 5) is 7.63. The lowest BCUT2D eigenvalue weighted by atomic mass is 10.0. The molecular formula is C23H24ClFN2O3. The molecule has 0 radical (unpaired) electrons. The molecule has 1 aliphatic rings. The van der Waals surface area contributed by atoms with Gasteiger partial charge in [-0.2, -0.15) is 0 Å². The van der Waals surface area contributed by atoms with E-state index in [-0.39, 0.29) is 25.1 Å². The molecule has 0 saturated carbocycles. The van der Waals surface area contributed by atoms with Gasteiger partial charge in [-0.25, -0.2) is 4.39 Å². The molecule has 0 bridgehead atoms. The zero-order chi connectivity index (χ0) is 21.3. The molecule has 158 valence electrons. The van der Waals surface area contributed by atoms with Gasteiger partial charge < -0.3 is 14.7 Å². The number of nitrogens with zero attached hydrogens (tertiary/aromatic N) is 2. The molecule has 2 aromatic carbocycles. The van der Waals surface area contributed by atoms with E-state index in [1.807, 2.05) is 35.2 Å². The molecule has 1 heterocycles. The Bertz CT molecular complexity index is 898. The molecule has 0 saturated heterocycles. The molecule has 0 fully saturated rings. The van der Waals surface area contributed by atoms with Crippen molar-refractivity contribution in [3.8, 4) is 12.3 Å². The second-order valence-corrected chi connectivity index (χ2v) is 7.61. The number of aliphatic hydroxyl groups is 1. The molecule has 0 spiro atoms. The normalized spacial score (nSPS) is 16.8. The van der Waals surface area contributed by atoms with Crippen LogP contribution in [0, 0.1) is 18.2 Å². The number of halogens is 2. The van der Waals surface area contributed by atoms with E-state index in [9.17, 15) is 9.50 Å². The molecular weight excluding hydrogens is 407 g/mol. The summed E-state index contributed by atoms with van der Waals surface area (Å²) in [6, 6.07) is 13.9. The van der Waals surface area contributed by atoms with Gasteiger partial charge in [-0.1, -0.05) is 46.9 Å². The van der Waals surface area contributed by atoms with Crippen LogP contribution in [0.1, 0.15) is 17.5 Å². The third-order valence-electron chi connectivity index (χ3n) is 4.63. The Morgan fingerprint density at radius 1 is 1.33 bits per heavy atom. The number of oxime groups is 1. The molecule has 5 nitrogen and oxygen atoms in total. The standard InChI is InChI=1S/C23H24ClFN2O3/c1-2-10-29-16-21(28)14-27(13-17-4-3-5-20(25)11-17)15-22-12-23(26-30-22)18-6-8-19(24)9-7-18/h1,3-9,11,21-22,28H,10,12-16H2/t21-,22-/m0/s1. The monoisotopic (exact) mass is 430 g/mol. The minimum Gasteiger partial charge on any atom is -0.390 e. The summed E-state index contributed by atoms with van der Waals surface area (Å²) in [6.07, 6.45) is 4.89. The first-order chi connectivity index (χ1) is 14.5. The van der Waals surface area contributed by atoms with Crippen molar-refractivity contribution in [2.45, 2.75) is 25.2 Å². The Hall–Kier alpha value is -2.43. The van der Waals surface area contributed by atoms with Gasteiger partial charge in [0.05, 0.1) is 18.4 Å². The third kappa shape index (κ3) is 6.82. The first-order valence-corrected chi connectivity index (χ1v) is 10.1. The first-order valence-electron chi connectivity index (χ1n) is 9.68. The van der Waals surface area contributed by atoms with E-state index in [4.69, 9.17) is 27.6 Å². The Labute approximate surface area is 181 Å². The zero-order valence-corrected chi connectivity index (χ0v) is 17.3. The minimum absolute atomic E-state index is 0.127. The predicted molar refractivity (Wildman–Crippen MR) is 115 cm³/mol. The lowest BCUT2D eigenvalue weighted by Gasteiger charge is -2.27. The molecule has 1 N–H and O–H groups in total. The van der Waals surface area contributed by atoms with Crippen LogP contribution in [0.15, 0.2) is 53.7 Å². The molecule has 3 rings (SSSR count). The van der Waals surface area contributed by atoms with E-state index in [1.165, 1.54) is 12.1 Å². The topological polar surface area (TPSA) is 54.3 Å². The van der Waals surface area contributed by atoms with Gasteiger partial charge in [0, 0.05) is 31.1 Å². The number of ether oxygens (including phenoxy) is 1. The smallest absolute Gasteiger partial charge is 0.145 e. The maximum absolute atomic E-state index is 13.6. The molecule has 0 aliphatic carbocycles. The summed E-state index contributed by atoms with van der Waals surface area (Å²) in [5, 5.41) is 15.2. The maximum Gasteiger partial charge on any atom is 0.145 e. The number of benzene rings is 2. The van der Waals surface area contributed by atoms with Crippen LogP contribution >= 0.6 is 11.6 Å². The molecule has 0 unspecified atom stereocenters. The Balaban J connectivity index is 1.61. The van der Waals surface area contributed by atoms with Gasteiger partial charge in [0.1, 0.15) is 18.5 Å². The first kappa shape index (κ1) is 22.3. The summed E-state index contributed by atoms with van der Waals surface area (Å²) < 4.78 is 18.8. The van der Waals surface area contributed by atoms with E-state index in [0.717, 1.165) is 16.8 Å². The molecule has 30 heavy (non-hydrogen) atoms. The number of rotatable bonds is 10. The third-order valence-corrected chi connectivity index (χ3v) is 4.88. The van der Waals surface area contributed by atoms with Gasteiger partial charge in [0.2, 0.25) is 0 Å². The lowest BCUT2D eigenvalue weighted by molar-refractivity contribution is 0.00417. The van der Waals surface area contributed by atoms with Crippen LogP contribution in [0.3, 0.4) is 0 Å². The number of terminal acetylenes is 1. The van der Waals surface area contributed by atoms with Gasteiger partial charge in [-0.05, 0) is 35.4 Å². The fraction of sp³-hybridized carbons (Fsp3) is 0.348. The van der Waals surface area contributed by atoms with Gasteiger partial charge in [0.15, 0.2) is 0 Å². The maximum atomic E-state index is 13.6. The van der Waals surface area contributed by atoms with Crippen LogP contribution in [0.4, 0.5) is 4.39 Å². The molecule has 1 aliphatic heterocycles. The molecule has 7 heteroatoms. The van der Waals surface area contributed by atoms with Crippen molar-refractivity contribution in [2.24, 2.45) is 5.16 Å². The van der Waals surface area contributed by atoms with E-state index < -0.39 is 6.10 Å². The second-order valence-electron chi connectivity index (χ2n) is 7.17. The van der Waals surface area contributed by atoms with Crippen molar-refractivity contribution in [3.63, 3.8) is 0 Å². The molecule has 0 amide bonds. The molecule has 2 aromatic rings. The van der Waals surface area contributed by atoms with Crippen LogP contribution in [-0.2, 0) is 16.1 Å². The number of hydrogen-bond acceptors (Lipinski definition) is 5. The van der Waals surface area contributed by atoms with Crippen molar-refractivity contribution < 1.29 is 19.1 Å².